The third kappa shape index (κ3) is 5.17. The van der Waals surface area contributed by atoms with Crippen LogP contribution in [0.2, 0.25) is 0 Å². The smallest absolute Gasteiger partial charge is 0.261 e. The Labute approximate surface area is 229 Å². The van der Waals surface area contributed by atoms with Gasteiger partial charge < -0.3 is 19.3 Å². The standard InChI is InChI=1S/C29H30FN3O3S2/c1-6-37-32-19-7-8-23(36-25-16(2)11-18(30)12-17(25)3)20(13-19)22-15-33(5)28(35)21-14-24(38-26(21)22)27(34)31-29(4)9-10-29/h7-8,11-15,32H,6,9-10H2,1-5H3,(H,31,34). The maximum atomic E-state index is 14.0. The summed E-state index contributed by atoms with van der Waals surface area (Å²) in [5.74, 6) is 1.56. The van der Waals surface area contributed by atoms with Crippen molar-refractivity contribution in [2.45, 2.75) is 46.1 Å². The van der Waals surface area contributed by atoms with Crippen LogP contribution in [0.15, 0.2) is 47.4 Å². The van der Waals surface area contributed by atoms with E-state index in [4.69, 9.17) is 4.74 Å². The Kier molecular flexibility index (Phi) is 7.00. The van der Waals surface area contributed by atoms with Crippen LogP contribution in [0.25, 0.3) is 21.2 Å². The lowest BCUT2D eigenvalue weighted by Gasteiger charge is -2.17. The van der Waals surface area contributed by atoms with Gasteiger partial charge >= 0.3 is 0 Å². The van der Waals surface area contributed by atoms with Gasteiger partial charge in [0.1, 0.15) is 17.3 Å². The maximum absolute atomic E-state index is 14.0. The third-order valence-corrected chi connectivity index (χ3v) is 8.57. The average Bonchev–Trinajstić information content (AvgIpc) is 3.41. The lowest BCUT2D eigenvalue weighted by molar-refractivity contribution is 0.0939. The van der Waals surface area contributed by atoms with Gasteiger partial charge in [0.15, 0.2) is 0 Å². The number of hydrogen-bond acceptors (Lipinski definition) is 6. The number of carbonyl (C=O) groups excluding carboxylic acids is 1. The molecule has 2 aromatic heterocycles. The summed E-state index contributed by atoms with van der Waals surface area (Å²) in [5.41, 5.74) is 3.46. The van der Waals surface area contributed by atoms with Crippen LogP contribution in [-0.2, 0) is 7.05 Å². The highest BCUT2D eigenvalue weighted by Gasteiger charge is 2.39. The Morgan fingerprint density at radius 2 is 1.87 bits per heavy atom. The maximum Gasteiger partial charge on any atom is 0.261 e. The fourth-order valence-corrected chi connectivity index (χ4v) is 5.93. The van der Waals surface area contributed by atoms with E-state index in [-0.39, 0.29) is 22.8 Å². The number of rotatable bonds is 8. The van der Waals surface area contributed by atoms with Crippen LogP contribution < -0.4 is 20.3 Å². The molecule has 0 bridgehead atoms. The first-order chi connectivity index (χ1) is 18.1. The quantitative estimate of drug-likeness (QED) is 0.227. The molecule has 0 atom stereocenters. The van der Waals surface area contributed by atoms with Crippen molar-refractivity contribution in [3.8, 4) is 22.6 Å². The minimum Gasteiger partial charge on any atom is -0.456 e. The molecule has 1 aliphatic carbocycles. The first-order valence-electron chi connectivity index (χ1n) is 12.5. The number of hydrogen-bond donors (Lipinski definition) is 2. The summed E-state index contributed by atoms with van der Waals surface area (Å²) in [7, 11) is 1.71. The highest BCUT2D eigenvalue weighted by Crippen LogP contribution is 2.42. The molecule has 6 nitrogen and oxygen atoms in total. The highest BCUT2D eigenvalue weighted by molar-refractivity contribution is 8.00. The number of amides is 1. The molecule has 9 heteroatoms. The molecule has 0 spiro atoms. The molecule has 0 saturated heterocycles. The van der Waals surface area contributed by atoms with Crippen LogP contribution in [0.5, 0.6) is 11.5 Å². The van der Waals surface area contributed by atoms with Crippen molar-refractivity contribution in [1.82, 2.24) is 9.88 Å². The molecule has 1 aliphatic rings. The molecular formula is C29H30FN3O3S2. The van der Waals surface area contributed by atoms with E-state index in [2.05, 4.69) is 17.0 Å². The van der Waals surface area contributed by atoms with E-state index >= 15 is 0 Å². The summed E-state index contributed by atoms with van der Waals surface area (Å²) in [4.78, 5) is 26.6. The molecule has 1 amide bonds. The van der Waals surface area contributed by atoms with Crippen LogP contribution in [0.1, 0.15) is 47.5 Å². The van der Waals surface area contributed by atoms with Crippen LogP contribution in [0.4, 0.5) is 10.1 Å². The molecule has 38 heavy (non-hydrogen) atoms. The summed E-state index contributed by atoms with van der Waals surface area (Å²) in [5, 5.41) is 3.58. The Balaban J connectivity index is 1.67. The number of aromatic nitrogens is 1. The van der Waals surface area contributed by atoms with E-state index in [1.807, 2.05) is 39.0 Å². The van der Waals surface area contributed by atoms with Gasteiger partial charge in [-0.05, 0) is 81.1 Å². The molecule has 2 aromatic carbocycles. The van der Waals surface area contributed by atoms with Crippen molar-refractivity contribution in [3.63, 3.8) is 0 Å². The number of aryl methyl sites for hydroxylation is 3. The second-order valence-electron chi connectivity index (χ2n) is 10.0. The van der Waals surface area contributed by atoms with Gasteiger partial charge in [-0.1, -0.05) is 18.9 Å². The number of halogens is 1. The first-order valence-corrected chi connectivity index (χ1v) is 14.3. The predicted molar refractivity (Wildman–Crippen MR) is 155 cm³/mol. The molecule has 1 saturated carbocycles. The Bertz CT molecular complexity index is 1600. The third-order valence-electron chi connectivity index (χ3n) is 6.73. The summed E-state index contributed by atoms with van der Waals surface area (Å²) in [6.07, 6.45) is 3.69. The van der Waals surface area contributed by atoms with Crippen molar-refractivity contribution in [1.29, 1.82) is 0 Å². The van der Waals surface area contributed by atoms with Gasteiger partial charge in [-0.15, -0.1) is 11.3 Å². The van der Waals surface area contributed by atoms with E-state index in [9.17, 15) is 14.0 Å². The summed E-state index contributed by atoms with van der Waals surface area (Å²) in [6.45, 7) is 7.72. The molecule has 0 aliphatic heterocycles. The number of anilines is 1. The monoisotopic (exact) mass is 551 g/mol. The van der Waals surface area contributed by atoms with Crippen LogP contribution in [0, 0.1) is 19.7 Å². The van der Waals surface area contributed by atoms with Gasteiger partial charge in [0, 0.05) is 41.4 Å². The molecule has 5 rings (SSSR count). The molecule has 2 heterocycles. The van der Waals surface area contributed by atoms with E-state index in [1.165, 1.54) is 28.0 Å². The number of ether oxygens (including phenoxy) is 1. The van der Waals surface area contributed by atoms with Crippen LogP contribution in [0.3, 0.4) is 0 Å². The second-order valence-corrected chi connectivity index (χ2v) is 12.2. The van der Waals surface area contributed by atoms with Crippen molar-refractivity contribution >= 4 is 45.0 Å². The minimum atomic E-state index is -0.312. The molecule has 0 unspecified atom stereocenters. The molecule has 4 aromatic rings. The zero-order valence-corrected chi connectivity index (χ0v) is 23.7. The Morgan fingerprint density at radius 1 is 1.16 bits per heavy atom. The van der Waals surface area contributed by atoms with Crippen LogP contribution in [-0.4, -0.2) is 21.8 Å². The van der Waals surface area contributed by atoms with Crippen molar-refractivity contribution in [3.05, 3.63) is 74.8 Å². The fourth-order valence-electron chi connectivity index (χ4n) is 4.42. The second kappa shape index (κ2) is 10.1. The predicted octanol–water partition coefficient (Wildman–Crippen LogP) is 7.18. The van der Waals surface area contributed by atoms with Gasteiger partial charge in [0.25, 0.3) is 11.5 Å². The van der Waals surface area contributed by atoms with Gasteiger partial charge in [-0.25, -0.2) is 4.39 Å². The van der Waals surface area contributed by atoms with Gasteiger partial charge in [-0.3, -0.25) is 9.59 Å². The van der Waals surface area contributed by atoms with E-state index in [0.29, 0.717) is 32.9 Å². The molecule has 2 N–H and O–H groups in total. The number of pyridine rings is 1. The normalized spacial score (nSPS) is 13.9. The summed E-state index contributed by atoms with van der Waals surface area (Å²) >= 11 is 2.88. The number of nitrogens with zero attached hydrogens (tertiary/aromatic N) is 1. The van der Waals surface area contributed by atoms with Crippen LogP contribution >= 0.6 is 23.3 Å². The number of thiophene rings is 1. The van der Waals surface area contributed by atoms with Gasteiger partial charge in [0.2, 0.25) is 0 Å². The minimum absolute atomic E-state index is 0.163. The molecule has 198 valence electrons. The lowest BCUT2D eigenvalue weighted by Crippen LogP contribution is -2.33. The highest BCUT2D eigenvalue weighted by atomic mass is 32.2. The SMILES string of the molecule is CCSNc1ccc(Oc2c(C)cc(F)cc2C)c(-c2cn(C)c(=O)c3cc(C(=O)NC4(C)CC4)sc23)c1. The largest absolute Gasteiger partial charge is 0.456 e. The van der Waals surface area contributed by atoms with E-state index in [1.54, 1.807) is 31.3 Å². The average molecular weight is 552 g/mol. The molecule has 0 radical (unpaired) electrons. The van der Waals surface area contributed by atoms with Gasteiger partial charge in [0.05, 0.1) is 15.0 Å². The Morgan fingerprint density at radius 3 is 2.53 bits per heavy atom. The summed E-state index contributed by atoms with van der Waals surface area (Å²) in [6, 6.07) is 10.4. The van der Waals surface area contributed by atoms with Crippen molar-refractivity contribution in [2.75, 3.05) is 10.5 Å². The fraction of sp³-hybridized carbons (Fsp3) is 0.310. The number of carbonyl (C=O) groups is 1. The van der Waals surface area contributed by atoms with Crippen molar-refractivity contribution in [2.24, 2.45) is 7.05 Å². The number of nitrogens with one attached hydrogen (secondary N) is 2. The number of benzene rings is 2. The zero-order valence-electron chi connectivity index (χ0n) is 22.0. The first kappa shape index (κ1) is 26.3. The molecular weight excluding hydrogens is 521 g/mol. The van der Waals surface area contributed by atoms with E-state index in [0.717, 1.165) is 40.1 Å². The number of fused-ring (bicyclic) bond motifs is 1. The zero-order chi connectivity index (χ0) is 27.2. The van der Waals surface area contributed by atoms with Crippen molar-refractivity contribution < 1.29 is 13.9 Å². The molecule has 1 fully saturated rings. The lowest BCUT2D eigenvalue weighted by atomic mass is 10.0. The van der Waals surface area contributed by atoms with E-state index < -0.39 is 0 Å². The van der Waals surface area contributed by atoms with Gasteiger partial charge in [-0.2, -0.15) is 0 Å². The Hall–Kier alpha value is -3.30. The summed E-state index contributed by atoms with van der Waals surface area (Å²) < 4.78 is 26.0. The topological polar surface area (TPSA) is 72.4 Å².